The van der Waals surface area contributed by atoms with Crippen molar-refractivity contribution in [3.63, 3.8) is 0 Å². The van der Waals surface area contributed by atoms with Crippen LogP contribution in [0.2, 0.25) is 5.02 Å². The van der Waals surface area contributed by atoms with Gasteiger partial charge in [-0.3, -0.25) is 9.59 Å². The van der Waals surface area contributed by atoms with Crippen molar-refractivity contribution in [2.45, 2.75) is 82.7 Å². The molecule has 4 aromatic rings. The van der Waals surface area contributed by atoms with E-state index in [1.807, 2.05) is 41.0 Å². The summed E-state index contributed by atoms with van der Waals surface area (Å²) in [6, 6.07) is 20.0. The van der Waals surface area contributed by atoms with Crippen molar-refractivity contribution in [1.29, 1.82) is 0 Å². The number of fused-ring (bicyclic) bond motifs is 2. The maximum Gasteiger partial charge on any atom is 0.309 e. The van der Waals surface area contributed by atoms with E-state index in [0.717, 1.165) is 16.8 Å². The van der Waals surface area contributed by atoms with E-state index >= 15 is 0 Å². The predicted octanol–water partition coefficient (Wildman–Crippen LogP) is 6.94. The predicted molar refractivity (Wildman–Crippen MR) is 177 cm³/mol. The fraction of sp³-hybridized carbons (Fsp3) is 0.371. The highest BCUT2D eigenvalue weighted by molar-refractivity contribution is 7.93. The third-order valence-electron chi connectivity index (χ3n) is 8.44. The van der Waals surface area contributed by atoms with Crippen LogP contribution in [0.25, 0.3) is 10.9 Å². The summed E-state index contributed by atoms with van der Waals surface area (Å²) in [7, 11) is -3.99. The van der Waals surface area contributed by atoms with Gasteiger partial charge in [-0.05, 0) is 95.5 Å². The first kappa shape index (κ1) is 32.6. The van der Waals surface area contributed by atoms with Crippen LogP contribution in [0.3, 0.4) is 0 Å². The van der Waals surface area contributed by atoms with Crippen LogP contribution >= 0.6 is 11.6 Å². The average Bonchev–Trinajstić information content (AvgIpc) is 3.50. The normalized spacial score (nSPS) is 15.8. The first-order valence-electron chi connectivity index (χ1n) is 14.9. The minimum absolute atomic E-state index is 0.0360. The first-order valence-corrected chi connectivity index (χ1v) is 16.7. The highest BCUT2D eigenvalue weighted by atomic mass is 35.5. The van der Waals surface area contributed by atoms with Gasteiger partial charge in [0.15, 0.2) is 21.7 Å². The molecule has 5 rings (SSSR count). The molecule has 0 saturated carbocycles. The Kier molecular flexibility index (Phi) is 8.57. The lowest BCUT2D eigenvalue weighted by molar-refractivity contribution is -0.146. The number of benzene rings is 3. The minimum atomic E-state index is -3.99. The molecule has 0 amide bonds. The third-order valence-corrected chi connectivity index (χ3v) is 11.3. The Labute approximate surface area is 269 Å². The summed E-state index contributed by atoms with van der Waals surface area (Å²) in [6.07, 6.45) is -0.247. The Bertz CT molecular complexity index is 1860. The average molecular weight is 651 g/mol. The molecule has 45 heavy (non-hydrogen) atoms. The van der Waals surface area contributed by atoms with E-state index in [1.165, 1.54) is 6.92 Å². The largest absolute Gasteiger partial charge is 0.481 e. The van der Waals surface area contributed by atoms with Gasteiger partial charge in [-0.2, -0.15) is 0 Å². The number of carbonyl (C=O) groups excluding carboxylic acids is 1. The Balaban J connectivity index is 1.69. The second kappa shape index (κ2) is 11.8. The molecule has 2 atom stereocenters. The van der Waals surface area contributed by atoms with Gasteiger partial charge in [0, 0.05) is 34.8 Å². The molecule has 1 aliphatic rings. The molecule has 1 aromatic heterocycles. The topological polar surface area (TPSA) is 115 Å². The minimum Gasteiger partial charge on any atom is -0.481 e. The Morgan fingerprint density at radius 3 is 2.31 bits per heavy atom. The van der Waals surface area contributed by atoms with Crippen molar-refractivity contribution in [2.75, 3.05) is 5.32 Å². The number of aliphatic carboxylic acids is 1. The van der Waals surface area contributed by atoms with Gasteiger partial charge >= 0.3 is 5.97 Å². The SMILES string of the molecule is CC(=O)[C@@H](Oc1ccc2c(c1)c(S(=O)(=O)C(C)(C)C)c(CC(C)(C)C(=O)O)n2Cc1ccc(Cl)cc1)C1Cc2ccccc2N1. The van der Waals surface area contributed by atoms with E-state index in [-0.39, 0.29) is 23.1 Å². The van der Waals surface area contributed by atoms with Gasteiger partial charge in [0.25, 0.3) is 0 Å². The monoisotopic (exact) mass is 650 g/mol. The molecule has 1 unspecified atom stereocenters. The summed E-state index contributed by atoms with van der Waals surface area (Å²) < 4.78 is 35.7. The van der Waals surface area contributed by atoms with Gasteiger partial charge in [-0.15, -0.1) is 0 Å². The van der Waals surface area contributed by atoms with Crippen molar-refractivity contribution in [2.24, 2.45) is 5.41 Å². The number of aromatic nitrogens is 1. The van der Waals surface area contributed by atoms with Crippen LogP contribution in [-0.2, 0) is 38.8 Å². The van der Waals surface area contributed by atoms with Gasteiger partial charge in [0.2, 0.25) is 0 Å². The molecule has 238 valence electrons. The van der Waals surface area contributed by atoms with Crippen LogP contribution in [-0.4, -0.2) is 46.7 Å². The highest BCUT2D eigenvalue weighted by Gasteiger charge is 2.40. The number of carboxylic acids is 1. The van der Waals surface area contributed by atoms with E-state index in [0.29, 0.717) is 40.3 Å². The molecule has 0 spiro atoms. The number of hydrogen-bond donors (Lipinski definition) is 2. The second-order valence-electron chi connectivity index (χ2n) is 13.4. The number of para-hydroxylation sites is 1. The molecule has 2 N–H and O–H groups in total. The summed E-state index contributed by atoms with van der Waals surface area (Å²) in [5, 5.41) is 14.5. The highest BCUT2D eigenvalue weighted by Crippen LogP contribution is 2.41. The van der Waals surface area contributed by atoms with Crippen molar-refractivity contribution >= 4 is 49.8 Å². The van der Waals surface area contributed by atoms with Crippen LogP contribution in [0.4, 0.5) is 5.69 Å². The zero-order chi connectivity index (χ0) is 32.9. The van der Waals surface area contributed by atoms with E-state index in [4.69, 9.17) is 16.3 Å². The van der Waals surface area contributed by atoms with Gasteiger partial charge in [0.1, 0.15) is 5.75 Å². The quantitative estimate of drug-likeness (QED) is 0.191. The van der Waals surface area contributed by atoms with Crippen molar-refractivity contribution in [3.8, 4) is 5.75 Å². The first-order chi connectivity index (χ1) is 21.0. The van der Waals surface area contributed by atoms with Crippen LogP contribution in [0, 0.1) is 5.41 Å². The molecule has 1 aliphatic heterocycles. The zero-order valence-corrected chi connectivity index (χ0v) is 27.9. The number of nitrogens with zero attached hydrogens (tertiary/aromatic N) is 1. The lowest BCUT2D eigenvalue weighted by Gasteiger charge is -2.25. The number of sulfone groups is 1. The fourth-order valence-corrected chi connectivity index (χ4v) is 7.45. The number of halogens is 1. The van der Waals surface area contributed by atoms with Crippen molar-refractivity contribution in [1.82, 2.24) is 4.57 Å². The lowest BCUT2D eigenvalue weighted by atomic mass is 9.88. The number of nitrogens with one attached hydrogen (secondary N) is 1. The van der Waals surface area contributed by atoms with Crippen LogP contribution in [0.15, 0.2) is 71.6 Å². The number of ether oxygens (including phenoxy) is 1. The molecule has 0 bridgehead atoms. The Morgan fingerprint density at radius 2 is 1.71 bits per heavy atom. The van der Waals surface area contributed by atoms with Gasteiger partial charge in [-0.25, -0.2) is 8.42 Å². The van der Waals surface area contributed by atoms with Gasteiger partial charge in [-0.1, -0.05) is 41.9 Å². The summed E-state index contributed by atoms with van der Waals surface area (Å²) in [6.45, 7) is 9.85. The number of ketones is 1. The molecule has 3 aromatic carbocycles. The summed E-state index contributed by atoms with van der Waals surface area (Å²) in [5.74, 6) is -0.853. The molecular weight excluding hydrogens is 612 g/mol. The third kappa shape index (κ3) is 6.33. The second-order valence-corrected chi connectivity index (χ2v) is 16.5. The molecular formula is C35H39ClN2O6S. The maximum atomic E-state index is 14.3. The summed E-state index contributed by atoms with van der Waals surface area (Å²) in [4.78, 5) is 25.3. The van der Waals surface area contributed by atoms with Crippen LogP contribution < -0.4 is 10.1 Å². The van der Waals surface area contributed by atoms with E-state index in [1.54, 1.807) is 65.0 Å². The number of rotatable bonds is 10. The molecule has 2 heterocycles. The molecule has 0 saturated heterocycles. The van der Waals surface area contributed by atoms with Gasteiger partial charge in [0.05, 0.1) is 26.6 Å². The number of carbonyl (C=O) groups is 2. The van der Waals surface area contributed by atoms with Crippen molar-refractivity contribution in [3.05, 3.63) is 88.6 Å². The Hall–Kier alpha value is -3.82. The summed E-state index contributed by atoms with van der Waals surface area (Å²) >= 11 is 6.14. The fourth-order valence-electron chi connectivity index (χ4n) is 5.76. The molecule has 0 radical (unpaired) electrons. The molecule has 8 nitrogen and oxygen atoms in total. The van der Waals surface area contributed by atoms with Crippen LogP contribution in [0.1, 0.15) is 58.4 Å². The summed E-state index contributed by atoms with van der Waals surface area (Å²) in [5.41, 5.74) is 2.66. The zero-order valence-electron chi connectivity index (χ0n) is 26.3. The molecule has 0 fully saturated rings. The smallest absolute Gasteiger partial charge is 0.309 e. The maximum absolute atomic E-state index is 14.3. The van der Waals surface area contributed by atoms with E-state index in [2.05, 4.69) is 5.32 Å². The van der Waals surface area contributed by atoms with E-state index < -0.39 is 32.1 Å². The van der Waals surface area contributed by atoms with Crippen molar-refractivity contribution < 1.29 is 27.9 Å². The molecule has 0 aliphatic carbocycles. The van der Waals surface area contributed by atoms with Gasteiger partial charge < -0.3 is 19.7 Å². The number of hydrogen-bond acceptors (Lipinski definition) is 6. The number of carboxylic acid groups (broad SMARTS) is 1. The number of anilines is 1. The standard InChI is InChI=1S/C35H39ClN2O6S/c1-21(39)31(28-17-23-9-7-8-10-27(23)37-28)44-25-15-16-29-26(18-25)32(45(42,43)34(2,3)4)30(19-35(5,6)33(40)41)38(29)20-22-11-13-24(36)14-12-22/h7-16,18,28,31,37H,17,19-20H2,1-6H3,(H,40,41)/t28?,31-/m1/s1. The Morgan fingerprint density at radius 1 is 1.04 bits per heavy atom. The lowest BCUT2D eigenvalue weighted by Crippen LogP contribution is -2.41. The van der Waals surface area contributed by atoms with Crippen LogP contribution in [0.5, 0.6) is 5.75 Å². The van der Waals surface area contributed by atoms with E-state index in [9.17, 15) is 23.1 Å². The number of Topliss-reactive ketones (excluding diaryl/α,β-unsaturated/α-hetero) is 1. The molecule has 10 heteroatoms.